The first kappa shape index (κ1) is 7.73. The summed E-state index contributed by atoms with van der Waals surface area (Å²) in [5, 5.41) is 3.08. The van der Waals surface area contributed by atoms with Crippen molar-refractivity contribution in [3.05, 3.63) is 0 Å². The van der Waals surface area contributed by atoms with Crippen molar-refractivity contribution >= 4 is 5.78 Å². The van der Waals surface area contributed by atoms with Gasteiger partial charge in [0.05, 0.1) is 5.54 Å². The molecule has 0 aromatic carbocycles. The van der Waals surface area contributed by atoms with E-state index in [2.05, 4.69) is 19.2 Å². The first-order chi connectivity index (χ1) is 4.60. The highest BCUT2D eigenvalue weighted by molar-refractivity contribution is 6.05. The molecule has 1 N–H and O–H groups in total. The number of ketones is 1. The third-order valence-corrected chi connectivity index (χ3v) is 2.11. The van der Waals surface area contributed by atoms with E-state index < -0.39 is 0 Å². The highest BCUT2D eigenvalue weighted by Crippen LogP contribution is 2.35. The lowest BCUT2D eigenvalue weighted by atomic mass is 10.0. The van der Waals surface area contributed by atoms with Gasteiger partial charge >= 0.3 is 0 Å². The van der Waals surface area contributed by atoms with Gasteiger partial charge in [-0.1, -0.05) is 13.8 Å². The van der Waals surface area contributed by atoms with Gasteiger partial charge < -0.3 is 5.32 Å². The predicted octanol–water partition coefficient (Wildman–Crippen LogP) is 0.963. The van der Waals surface area contributed by atoms with Crippen molar-refractivity contribution < 1.29 is 4.79 Å². The molecule has 0 radical (unpaired) electrons. The lowest BCUT2D eigenvalue weighted by Crippen LogP contribution is -2.31. The molecule has 1 saturated carbocycles. The summed E-state index contributed by atoms with van der Waals surface area (Å²) in [6.07, 6.45) is 1.73. The van der Waals surface area contributed by atoms with Gasteiger partial charge in [-0.25, -0.2) is 0 Å². The Morgan fingerprint density at radius 1 is 1.70 bits per heavy atom. The SMILES string of the molecule is CN[C@]1(CC(C)C)CC1=O. The number of hydrogen-bond donors (Lipinski definition) is 1. The molecule has 0 bridgehead atoms. The Morgan fingerprint density at radius 2 is 2.20 bits per heavy atom. The first-order valence-corrected chi connectivity index (χ1v) is 3.83. The van der Waals surface area contributed by atoms with Crippen LogP contribution in [0.15, 0.2) is 0 Å². The van der Waals surface area contributed by atoms with Crippen molar-refractivity contribution in [3.8, 4) is 0 Å². The summed E-state index contributed by atoms with van der Waals surface area (Å²) in [6.45, 7) is 4.29. The van der Waals surface area contributed by atoms with Crippen LogP contribution in [0.4, 0.5) is 0 Å². The molecule has 10 heavy (non-hydrogen) atoms. The van der Waals surface area contributed by atoms with Crippen molar-refractivity contribution in [1.29, 1.82) is 0 Å². The van der Waals surface area contributed by atoms with E-state index in [9.17, 15) is 4.79 Å². The molecule has 0 aliphatic heterocycles. The summed E-state index contributed by atoms with van der Waals surface area (Å²) >= 11 is 0. The lowest BCUT2D eigenvalue weighted by molar-refractivity contribution is -0.112. The Labute approximate surface area is 62.0 Å². The van der Waals surface area contributed by atoms with Crippen molar-refractivity contribution in [2.45, 2.75) is 32.2 Å². The van der Waals surface area contributed by atoms with E-state index in [0.29, 0.717) is 11.7 Å². The maximum Gasteiger partial charge on any atom is 0.155 e. The van der Waals surface area contributed by atoms with Crippen molar-refractivity contribution in [2.24, 2.45) is 5.92 Å². The molecule has 0 heterocycles. The molecule has 2 nitrogen and oxygen atoms in total. The van der Waals surface area contributed by atoms with Crippen LogP contribution in [0.5, 0.6) is 0 Å². The maximum absolute atomic E-state index is 10.9. The van der Waals surface area contributed by atoms with Crippen LogP contribution in [-0.4, -0.2) is 18.4 Å². The quantitative estimate of drug-likeness (QED) is 0.634. The van der Waals surface area contributed by atoms with Gasteiger partial charge in [0.15, 0.2) is 5.78 Å². The zero-order valence-corrected chi connectivity index (χ0v) is 6.90. The molecule has 2 heteroatoms. The second kappa shape index (κ2) is 2.35. The van der Waals surface area contributed by atoms with Gasteiger partial charge in [-0.2, -0.15) is 0 Å². The molecule has 0 aromatic heterocycles. The Hall–Kier alpha value is -0.370. The highest BCUT2D eigenvalue weighted by Gasteiger charge is 2.52. The molecule has 58 valence electrons. The number of rotatable bonds is 3. The molecule has 0 aromatic rings. The zero-order valence-electron chi connectivity index (χ0n) is 6.90. The minimum Gasteiger partial charge on any atom is -0.308 e. The summed E-state index contributed by atoms with van der Waals surface area (Å²) in [5.41, 5.74) is -0.117. The molecule has 1 rings (SSSR count). The Bertz CT molecular complexity index is 153. The van der Waals surface area contributed by atoms with E-state index in [-0.39, 0.29) is 5.54 Å². The molecular weight excluding hydrogens is 126 g/mol. The number of carbonyl (C=O) groups is 1. The summed E-state index contributed by atoms with van der Waals surface area (Å²) in [5.74, 6) is 0.989. The van der Waals surface area contributed by atoms with Crippen LogP contribution in [0.3, 0.4) is 0 Å². The van der Waals surface area contributed by atoms with Crippen LogP contribution < -0.4 is 5.32 Å². The van der Waals surface area contributed by atoms with Crippen LogP contribution in [-0.2, 0) is 4.79 Å². The summed E-state index contributed by atoms with van der Waals surface area (Å²) < 4.78 is 0. The molecule has 0 amide bonds. The molecule has 1 fully saturated rings. The average Bonchev–Trinajstić information content (AvgIpc) is 2.42. The lowest BCUT2D eigenvalue weighted by Gasteiger charge is -2.13. The smallest absolute Gasteiger partial charge is 0.155 e. The van der Waals surface area contributed by atoms with Gasteiger partial charge in [0, 0.05) is 6.42 Å². The topological polar surface area (TPSA) is 29.1 Å². The molecule has 1 atom stereocenters. The van der Waals surface area contributed by atoms with Crippen LogP contribution in [0, 0.1) is 5.92 Å². The third kappa shape index (κ3) is 1.21. The normalized spacial score (nSPS) is 31.4. The van der Waals surface area contributed by atoms with Gasteiger partial charge in [-0.05, 0) is 19.4 Å². The van der Waals surface area contributed by atoms with Crippen LogP contribution >= 0.6 is 0 Å². The van der Waals surface area contributed by atoms with E-state index in [1.165, 1.54) is 0 Å². The summed E-state index contributed by atoms with van der Waals surface area (Å²) in [7, 11) is 1.87. The fraction of sp³-hybridized carbons (Fsp3) is 0.875. The van der Waals surface area contributed by atoms with Gasteiger partial charge in [0.2, 0.25) is 0 Å². The molecule has 1 aliphatic carbocycles. The number of carbonyl (C=O) groups excluding carboxylic acids is 1. The average molecular weight is 141 g/mol. The molecule has 1 aliphatic rings. The molecule has 0 spiro atoms. The minimum absolute atomic E-state index is 0.117. The predicted molar refractivity (Wildman–Crippen MR) is 40.9 cm³/mol. The summed E-state index contributed by atoms with van der Waals surface area (Å²) in [6, 6.07) is 0. The van der Waals surface area contributed by atoms with Gasteiger partial charge in [0.25, 0.3) is 0 Å². The molecule has 0 unspecified atom stereocenters. The fourth-order valence-electron chi connectivity index (χ4n) is 1.44. The van der Waals surface area contributed by atoms with Crippen LogP contribution in [0.2, 0.25) is 0 Å². The van der Waals surface area contributed by atoms with Gasteiger partial charge in [-0.3, -0.25) is 4.79 Å². The Balaban J connectivity index is 2.45. The van der Waals surface area contributed by atoms with Crippen molar-refractivity contribution in [2.75, 3.05) is 7.05 Å². The number of nitrogens with one attached hydrogen (secondary N) is 1. The standard InChI is InChI=1S/C8H15NO/c1-6(2)4-8(9-3)5-7(8)10/h6,9H,4-5H2,1-3H3/t8-/m1/s1. The highest BCUT2D eigenvalue weighted by atomic mass is 16.1. The minimum atomic E-state index is -0.117. The van der Waals surface area contributed by atoms with E-state index in [4.69, 9.17) is 0 Å². The van der Waals surface area contributed by atoms with E-state index in [0.717, 1.165) is 12.8 Å². The maximum atomic E-state index is 10.9. The Morgan fingerprint density at radius 3 is 2.30 bits per heavy atom. The fourth-order valence-corrected chi connectivity index (χ4v) is 1.44. The van der Waals surface area contributed by atoms with E-state index >= 15 is 0 Å². The first-order valence-electron chi connectivity index (χ1n) is 3.83. The summed E-state index contributed by atoms with van der Waals surface area (Å²) in [4.78, 5) is 10.9. The monoisotopic (exact) mass is 141 g/mol. The molecule has 0 saturated heterocycles. The third-order valence-electron chi connectivity index (χ3n) is 2.11. The van der Waals surface area contributed by atoms with E-state index in [1.807, 2.05) is 7.05 Å². The van der Waals surface area contributed by atoms with E-state index in [1.54, 1.807) is 0 Å². The Kier molecular flexibility index (Phi) is 1.82. The van der Waals surface area contributed by atoms with Crippen molar-refractivity contribution in [3.63, 3.8) is 0 Å². The van der Waals surface area contributed by atoms with Gasteiger partial charge in [-0.15, -0.1) is 0 Å². The second-order valence-electron chi connectivity index (χ2n) is 3.53. The van der Waals surface area contributed by atoms with Crippen molar-refractivity contribution in [1.82, 2.24) is 5.32 Å². The number of likely N-dealkylation sites (N-methyl/N-ethyl adjacent to an activating group) is 1. The van der Waals surface area contributed by atoms with Gasteiger partial charge in [0.1, 0.15) is 0 Å². The number of hydrogen-bond acceptors (Lipinski definition) is 2. The zero-order chi connectivity index (χ0) is 7.78. The largest absolute Gasteiger partial charge is 0.308 e. The van der Waals surface area contributed by atoms with Crippen LogP contribution in [0.25, 0.3) is 0 Å². The second-order valence-corrected chi connectivity index (χ2v) is 3.53. The number of Topliss-reactive ketones (excluding diaryl/α,β-unsaturated/α-hetero) is 1. The van der Waals surface area contributed by atoms with Crippen LogP contribution in [0.1, 0.15) is 26.7 Å². The molecular formula is C8H15NO.